The number of nitrogens with zero attached hydrogens (tertiary/aromatic N) is 1. The lowest BCUT2D eigenvalue weighted by atomic mass is 9.94. The molecule has 0 radical (unpaired) electrons. The van der Waals surface area contributed by atoms with Crippen molar-refractivity contribution in [1.82, 2.24) is 5.32 Å². The maximum absolute atomic E-state index is 11.3. The van der Waals surface area contributed by atoms with Crippen molar-refractivity contribution >= 4 is 11.7 Å². The molecule has 2 heterocycles. The third-order valence-electron chi connectivity index (χ3n) is 2.49. The highest BCUT2D eigenvalue weighted by molar-refractivity contribution is 5.93. The van der Waals surface area contributed by atoms with Gasteiger partial charge in [-0.25, -0.2) is 4.79 Å². The third-order valence-corrected chi connectivity index (χ3v) is 2.49. The molecule has 0 bridgehead atoms. The predicted molar refractivity (Wildman–Crippen MR) is 49.9 cm³/mol. The van der Waals surface area contributed by atoms with Gasteiger partial charge >= 0.3 is 5.97 Å². The molecule has 1 atom stereocenters. The van der Waals surface area contributed by atoms with E-state index in [1.165, 1.54) is 0 Å². The number of hydrogen-bond acceptors (Lipinski definition) is 5. The van der Waals surface area contributed by atoms with Crippen LogP contribution >= 0.6 is 0 Å². The van der Waals surface area contributed by atoms with Crippen molar-refractivity contribution in [3.05, 3.63) is 0 Å². The lowest BCUT2D eigenvalue weighted by molar-refractivity contribution is -0.154. The summed E-state index contributed by atoms with van der Waals surface area (Å²) < 4.78 is 4.85. The van der Waals surface area contributed by atoms with E-state index in [-0.39, 0.29) is 5.97 Å². The standard InChI is InChI=1S/C9H14N2O3/c1-2-13-9(12)8-3-7(11-14-8)6-4-10-5-6/h6,8,10H,2-5H2,1H3. The molecule has 2 aliphatic rings. The van der Waals surface area contributed by atoms with Gasteiger partial charge in [0, 0.05) is 25.4 Å². The molecule has 1 N–H and O–H groups in total. The molecular formula is C9H14N2O3. The first-order valence-corrected chi connectivity index (χ1v) is 4.91. The zero-order valence-corrected chi connectivity index (χ0v) is 8.16. The number of oxime groups is 1. The number of nitrogens with one attached hydrogen (secondary N) is 1. The molecule has 0 saturated carbocycles. The highest BCUT2D eigenvalue weighted by Crippen LogP contribution is 2.19. The molecule has 0 aromatic carbocycles. The van der Waals surface area contributed by atoms with E-state index < -0.39 is 6.10 Å². The molecule has 0 aromatic rings. The summed E-state index contributed by atoms with van der Waals surface area (Å²) in [5.41, 5.74) is 0.988. The van der Waals surface area contributed by atoms with Crippen molar-refractivity contribution in [2.45, 2.75) is 19.4 Å². The van der Waals surface area contributed by atoms with Crippen molar-refractivity contribution in [1.29, 1.82) is 0 Å². The number of ether oxygens (including phenoxy) is 1. The largest absolute Gasteiger partial charge is 0.463 e. The third kappa shape index (κ3) is 1.72. The fourth-order valence-corrected chi connectivity index (χ4v) is 1.52. The minimum atomic E-state index is -0.509. The summed E-state index contributed by atoms with van der Waals surface area (Å²) in [6, 6.07) is 0. The zero-order chi connectivity index (χ0) is 9.97. The molecule has 2 rings (SSSR count). The van der Waals surface area contributed by atoms with Gasteiger partial charge in [0.15, 0.2) is 0 Å². The second-order valence-electron chi connectivity index (χ2n) is 3.49. The Hall–Kier alpha value is -1.10. The second-order valence-corrected chi connectivity index (χ2v) is 3.49. The maximum Gasteiger partial charge on any atom is 0.350 e. The first-order valence-electron chi connectivity index (χ1n) is 4.91. The van der Waals surface area contributed by atoms with Gasteiger partial charge in [0.2, 0.25) is 6.10 Å². The monoisotopic (exact) mass is 198 g/mol. The van der Waals surface area contributed by atoms with Crippen molar-refractivity contribution in [2.75, 3.05) is 19.7 Å². The molecule has 0 amide bonds. The van der Waals surface area contributed by atoms with Crippen LogP contribution in [-0.4, -0.2) is 37.5 Å². The summed E-state index contributed by atoms with van der Waals surface area (Å²) in [6.45, 7) is 4.05. The van der Waals surface area contributed by atoms with E-state index >= 15 is 0 Å². The van der Waals surface area contributed by atoms with Gasteiger partial charge < -0.3 is 14.9 Å². The fourth-order valence-electron chi connectivity index (χ4n) is 1.52. The Labute approximate surface area is 82.4 Å². The number of carbonyl (C=O) groups excluding carboxylic acids is 1. The van der Waals surface area contributed by atoms with Gasteiger partial charge in [-0.1, -0.05) is 5.16 Å². The van der Waals surface area contributed by atoms with E-state index in [9.17, 15) is 4.79 Å². The molecule has 5 nitrogen and oxygen atoms in total. The molecule has 0 spiro atoms. The van der Waals surface area contributed by atoms with Crippen LogP contribution in [0.5, 0.6) is 0 Å². The molecule has 5 heteroatoms. The topological polar surface area (TPSA) is 59.9 Å². The summed E-state index contributed by atoms with van der Waals surface area (Å²) in [6.07, 6.45) is 0.0797. The van der Waals surface area contributed by atoms with Crippen LogP contribution < -0.4 is 5.32 Å². The Balaban J connectivity index is 1.82. The van der Waals surface area contributed by atoms with Gasteiger partial charge in [0.05, 0.1) is 12.3 Å². The van der Waals surface area contributed by atoms with Gasteiger partial charge in [0.1, 0.15) is 0 Å². The molecule has 1 unspecified atom stereocenters. The van der Waals surface area contributed by atoms with Crippen LogP contribution in [0, 0.1) is 5.92 Å². The summed E-state index contributed by atoms with van der Waals surface area (Å²) in [7, 11) is 0. The smallest absolute Gasteiger partial charge is 0.350 e. The van der Waals surface area contributed by atoms with Gasteiger partial charge in [0.25, 0.3) is 0 Å². The van der Waals surface area contributed by atoms with Crippen LogP contribution in [0.25, 0.3) is 0 Å². The van der Waals surface area contributed by atoms with E-state index in [1.807, 2.05) is 0 Å². The maximum atomic E-state index is 11.3. The number of rotatable bonds is 3. The number of carbonyl (C=O) groups is 1. The highest BCUT2D eigenvalue weighted by Gasteiger charge is 2.34. The minimum Gasteiger partial charge on any atom is -0.463 e. The average Bonchev–Trinajstić information content (AvgIpc) is 2.50. The molecule has 1 saturated heterocycles. The van der Waals surface area contributed by atoms with E-state index in [0.717, 1.165) is 18.8 Å². The van der Waals surface area contributed by atoms with E-state index in [0.29, 0.717) is 18.9 Å². The van der Waals surface area contributed by atoms with E-state index in [4.69, 9.17) is 9.57 Å². The van der Waals surface area contributed by atoms with Gasteiger partial charge in [-0.15, -0.1) is 0 Å². The Morgan fingerprint density at radius 3 is 3.07 bits per heavy atom. The van der Waals surface area contributed by atoms with Crippen LogP contribution in [0.1, 0.15) is 13.3 Å². The van der Waals surface area contributed by atoms with Crippen molar-refractivity contribution in [2.24, 2.45) is 11.1 Å². The molecule has 0 aliphatic carbocycles. The normalized spacial score (nSPS) is 26.4. The molecule has 2 aliphatic heterocycles. The van der Waals surface area contributed by atoms with Crippen molar-refractivity contribution in [3.63, 3.8) is 0 Å². The number of hydrogen-bond donors (Lipinski definition) is 1. The lowest BCUT2D eigenvalue weighted by Gasteiger charge is -2.26. The van der Waals surface area contributed by atoms with Crippen LogP contribution in [0.2, 0.25) is 0 Å². The van der Waals surface area contributed by atoms with E-state index in [2.05, 4.69) is 10.5 Å². The molecule has 78 valence electrons. The zero-order valence-electron chi connectivity index (χ0n) is 8.16. The van der Waals surface area contributed by atoms with Crippen molar-refractivity contribution in [3.8, 4) is 0 Å². The summed E-state index contributed by atoms with van der Waals surface area (Å²) >= 11 is 0. The van der Waals surface area contributed by atoms with E-state index in [1.54, 1.807) is 6.92 Å². The number of esters is 1. The highest BCUT2D eigenvalue weighted by atomic mass is 16.7. The Bertz CT molecular complexity index is 261. The Kier molecular flexibility index (Phi) is 2.67. The van der Waals surface area contributed by atoms with Gasteiger partial charge in [-0.2, -0.15) is 0 Å². The van der Waals surface area contributed by atoms with Crippen LogP contribution in [-0.2, 0) is 14.4 Å². The lowest BCUT2D eigenvalue weighted by Crippen LogP contribution is -2.46. The molecule has 0 aromatic heterocycles. The Morgan fingerprint density at radius 1 is 1.71 bits per heavy atom. The van der Waals surface area contributed by atoms with Crippen LogP contribution in [0.3, 0.4) is 0 Å². The van der Waals surface area contributed by atoms with Crippen LogP contribution in [0.4, 0.5) is 0 Å². The molecular weight excluding hydrogens is 184 g/mol. The summed E-state index contributed by atoms with van der Waals surface area (Å²) in [4.78, 5) is 16.3. The minimum absolute atomic E-state index is 0.307. The first-order chi connectivity index (χ1) is 6.81. The van der Waals surface area contributed by atoms with Crippen LogP contribution in [0.15, 0.2) is 5.16 Å². The summed E-state index contributed by atoms with van der Waals surface area (Å²) in [5, 5.41) is 7.07. The first kappa shape index (κ1) is 9.45. The molecule has 14 heavy (non-hydrogen) atoms. The average molecular weight is 198 g/mol. The van der Waals surface area contributed by atoms with Crippen molar-refractivity contribution < 1.29 is 14.4 Å². The SMILES string of the molecule is CCOC(=O)C1CC(C2CNC2)=NO1. The predicted octanol–water partition coefficient (Wildman–Crippen LogP) is -0.0862. The quantitative estimate of drug-likeness (QED) is 0.644. The Morgan fingerprint density at radius 2 is 2.50 bits per heavy atom. The van der Waals surface area contributed by atoms with Gasteiger partial charge in [-0.3, -0.25) is 0 Å². The van der Waals surface area contributed by atoms with Gasteiger partial charge in [-0.05, 0) is 6.92 Å². The molecule has 1 fully saturated rings. The second kappa shape index (κ2) is 3.96. The summed E-state index contributed by atoms with van der Waals surface area (Å²) in [5.74, 6) is 0.146. The fraction of sp³-hybridized carbons (Fsp3) is 0.778.